The van der Waals surface area contributed by atoms with Gasteiger partial charge in [0, 0.05) is 0 Å². The lowest BCUT2D eigenvalue weighted by Gasteiger charge is -2.06. The summed E-state index contributed by atoms with van der Waals surface area (Å²) < 4.78 is 11.4. The van der Waals surface area contributed by atoms with Gasteiger partial charge in [-0.15, -0.1) is 16.4 Å². The van der Waals surface area contributed by atoms with Crippen molar-refractivity contribution in [3.63, 3.8) is 0 Å². The van der Waals surface area contributed by atoms with Gasteiger partial charge in [0.25, 0.3) is 5.91 Å². The first-order valence-electron chi connectivity index (χ1n) is 9.24. The Balaban J connectivity index is 1.61. The lowest BCUT2D eigenvalue weighted by atomic mass is 10.1. The number of anilines is 1. The molecule has 0 bridgehead atoms. The van der Waals surface area contributed by atoms with E-state index < -0.39 is 5.91 Å². The molecule has 3 N–H and O–H groups in total. The van der Waals surface area contributed by atoms with Crippen molar-refractivity contribution in [2.24, 2.45) is 5.10 Å². The number of hydrazone groups is 1. The molecule has 0 radical (unpaired) electrons. The molecule has 4 aromatic rings. The molecule has 0 atom stereocenters. The molecule has 0 fully saturated rings. The predicted molar refractivity (Wildman–Crippen MR) is 114 cm³/mol. The first-order valence-corrected chi connectivity index (χ1v) is 10.1. The second-order valence-corrected chi connectivity index (χ2v) is 7.19. The largest absolute Gasteiger partial charge is 0.494 e. The Kier molecular flexibility index (Phi) is 5.71. The third-order valence-corrected chi connectivity index (χ3v) is 5.12. The number of nitrogens with one attached hydrogen (secondary N) is 1. The highest BCUT2D eigenvalue weighted by Crippen LogP contribution is 2.29. The van der Waals surface area contributed by atoms with Crippen LogP contribution in [0.2, 0.25) is 0 Å². The summed E-state index contributed by atoms with van der Waals surface area (Å²) in [4.78, 5) is 13.6. The van der Waals surface area contributed by atoms with Crippen LogP contribution < -0.4 is 15.9 Å². The first-order chi connectivity index (χ1) is 15.1. The van der Waals surface area contributed by atoms with Gasteiger partial charge in [-0.3, -0.25) is 4.79 Å². The number of nitrogen functional groups attached to an aromatic ring is 1. The van der Waals surface area contributed by atoms with Gasteiger partial charge in [0.15, 0.2) is 5.69 Å². The maximum Gasteiger partial charge on any atom is 0.294 e. The number of hydrogen-bond donors (Lipinski definition) is 2. The summed E-state index contributed by atoms with van der Waals surface area (Å²) >= 11 is 1.41. The molecule has 1 amide bonds. The number of carbonyl (C=O) groups is 1. The smallest absolute Gasteiger partial charge is 0.294 e. The van der Waals surface area contributed by atoms with Gasteiger partial charge in [0.2, 0.25) is 11.6 Å². The van der Waals surface area contributed by atoms with E-state index in [0.717, 1.165) is 16.2 Å². The van der Waals surface area contributed by atoms with E-state index in [1.165, 1.54) is 16.0 Å². The fourth-order valence-corrected chi connectivity index (χ4v) is 3.52. The fourth-order valence-electron chi connectivity index (χ4n) is 2.77. The molecule has 0 aliphatic rings. The van der Waals surface area contributed by atoms with E-state index >= 15 is 0 Å². The molecule has 11 nitrogen and oxygen atoms in total. The zero-order valence-corrected chi connectivity index (χ0v) is 17.5. The number of thiophene rings is 1. The topological polar surface area (TPSA) is 146 Å². The third-order valence-electron chi connectivity index (χ3n) is 4.24. The maximum atomic E-state index is 12.9. The van der Waals surface area contributed by atoms with E-state index in [4.69, 9.17) is 10.5 Å². The minimum absolute atomic E-state index is 0.0269. The second kappa shape index (κ2) is 8.75. The SMILES string of the molecule is CCOc1ccc(/C(C)=N\NC(=O)c2nnn(-c3nonc3N)c2-c2cccs2)cc1. The second-order valence-electron chi connectivity index (χ2n) is 6.24. The van der Waals surface area contributed by atoms with Gasteiger partial charge in [-0.05, 0) is 65.4 Å². The number of ether oxygens (including phenoxy) is 1. The number of aromatic nitrogens is 5. The summed E-state index contributed by atoms with van der Waals surface area (Å²) in [6.45, 7) is 4.30. The quantitative estimate of drug-likeness (QED) is 0.330. The van der Waals surface area contributed by atoms with Gasteiger partial charge < -0.3 is 10.5 Å². The van der Waals surface area contributed by atoms with Crippen LogP contribution in [-0.4, -0.2) is 43.5 Å². The molecule has 158 valence electrons. The summed E-state index contributed by atoms with van der Waals surface area (Å²) in [5, 5.41) is 21.4. The number of hydrogen-bond acceptors (Lipinski definition) is 10. The van der Waals surface area contributed by atoms with Crippen LogP contribution in [0.1, 0.15) is 29.9 Å². The molecule has 0 unspecified atom stereocenters. The Hall–Kier alpha value is -4.06. The Morgan fingerprint density at radius 3 is 2.74 bits per heavy atom. The zero-order valence-electron chi connectivity index (χ0n) is 16.6. The van der Waals surface area contributed by atoms with Crippen LogP contribution in [0.25, 0.3) is 16.4 Å². The first kappa shape index (κ1) is 20.2. The number of carbonyl (C=O) groups excluding carboxylic acids is 1. The molecule has 0 spiro atoms. The molecule has 0 saturated carbocycles. The monoisotopic (exact) mass is 438 g/mol. The summed E-state index contributed by atoms with van der Waals surface area (Å²) in [6, 6.07) is 11.1. The molecule has 3 aromatic heterocycles. The average Bonchev–Trinajstić information content (AvgIpc) is 3.52. The highest BCUT2D eigenvalue weighted by atomic mass is 32.1. The highest BCUT2D eigenvalue weighted by Gasteiger charge is 2.25. The fraction of sp³-hybridized carbons (Fsp3) is 0.158. The molecule has 1 aromatic carbocycles. The van der Waals surface area contributed by atoms with Crippen molar-refractivity contribution in [2.45, 2.75) is 13.8 Å². The van der Waals surface area contributed by atoms with Crippen molar-refractivity contribution < 1.29 is 14.2 Å². The van der Waals surface area contributed by atoms with E-state index in [-0.39, 0.29) is 17.3 Å². The van der Waals surface area contributed by atoms with Crippen LogP contribution in [0, 0.1) is 0 Å². The van der Waals surface area contributed by atoms with Crippen molar-refractivity contribution in [1.82, 2.24) is 30.7 Å². The van der Waals surface area contributed by atoms with Crippen LogP contribution in [0.5, 0.6) is 5.75 Å². The molecule has 4 rings (SSSR count). The number of rotatable bonds is 7. The van der Waals surface area contributed by atoms with Crippen LogP contribution in [-0.2, 0) is 0 Å². The van der Waals surface area contributed by atoms with E-state index in [0.29, 0.717) is 18.0 Å². The van der Waals surface area contributed by atoms with Crippen molar-refractivity contribution in [3.05, 3.63) is 53.0 Å². The van der Waals surface area contributed by atoms with Crippen LogP contribution in [0.15, 0.2) is 51.5 Å². The van der Waals surface area contributed by atoms with Gasteiger partial charge in [-0.2, -0.15) is 9.78 Å². The third kappa shape index (κ3) is 4.14. The highest BCUT2D eigenvalue weighted by molar-refractivity contribution is 7.13. The predicted octanol–water partition coefficient (Wildman–Crippen LogP) is 2.51. The van der Waals surface area contributed by atoms with Gasteiger partial charge >= 0.3 is 0 Å². The molecule has 31 heavy (non-hydrogen) atoms. The van der Waals surface area contributed by atoms with Crippen molar-refractivity contribution in [2.75, 3.05) is 12.3 Å². The number of nitrogens with zero attached hydrogens (tertiary/aromatic N) is 6. The average molecular weight is 438 g/mol. The van der Waals surface area contributed by atoms with Crippen LogP contribution >= 0.6 is 11.3 Å². The molecule has 3 heterocycles. The standard InChI is InChI=1S/C19H18N8O3S/c1-3-29-13-8-6-12(7-9-13)11(2)21-23-19(28)15-16(14-5-4-10-31-14)27(26-22-15)18-17(20)24-30-25-18/h4-10H,3H2,1-2H3,(H2,20,24)(H,23,28)/b21-11-. The molecule has 12 heteroatoms. The Morgan fingerprint density at radius 1 is 1.29 bits per heavy atom. The van der Waals surface area contributed by atoms with Crippen molar-refractivity contribution >= 4 is 28.8 Å². The van der Waals surface area contributed by atoms with Crippen molar-refractivity contribution in [1.29, 1.82) is 0 Å². The molecule has 0 saturated heterocycles. The summed E-state index contributed by atoms with van der Waals surface area (Å²) in [7, 11) is 0. The number of amides is 1. The van der Waals surface area contributed by atoms with Gasteiger partial charge in [0.05, 0.1) is 17.2 Å². The molecule has 0 aliphatic heterocycles. The Bertz CT molecular complexity index is 1210. The minimum atomic E-state index is -0.532. The lowest BCUT2D eigenvalue weighted by molar-refractivity contribution is 0.0950. The zero-order chi connectivity index (χ0) is 21.8. The molecular formula is C19H18N8O3S. The van der Waals surface area contributed by atoms with Gasteiger partial charge in [-0.25, -0.2) is 10.1 Å². The van der Waals surface area contributed by atoms with Gasteiger partial charge in [-0.1, -0.05) is 11.3 Å². The summed E-state index contributed by atoms with van der Waals surface area (Å²) in [5.41, 5.74) is 10.2. The Labute approximate surface area is 180 Å². The van der Waals surface area contributed by atoms with Gasteiger partial charge in [0.1, 0.15) is 11.4 Å². The Morgan fingerprint density at radius 2 is 2.10 bits per heavy atom. The van der Waals surface area contributed by atoms with Crippen LogP contribution in [0.4, 0.5) is 5.82 Å². The van der Waals surface area contributed by atoms with Crippen molar-refractivity contribution in [3.8, 4) is 22.1 Å². The van der Waals surface area contributed by atoms with E-state index in [1.54, 1.807) is 6.92 Å². The maximum absolute atomic E-state index is 12.9. The summed E-state index contributed by atoms with van der Waals surface area (Å²) in [6.07, 6.45) is 0. The molecule has 0 aliphatic carbocycles. The lowest BCUT2D eigenvalue weighted by Crippen LogP contribution is -2.20. The number of nitrogens with two attached hydrogens (primary N) is 1. The minimum Gasteiger partial charge on any atom is -0.494 e. The summed E-state index contributed by atoms with van der Waals surface area (Å²) in [5.74, 6) is 0.403. The normalized spacial score (nSPS) is 11.5. The molecular weight excluding hydrogens is 420 g/mol. The number of benzene rings is 1. The van der Waals surface area contributed by atoms with Crippen LogP contribution in [0.3, 0.4) is 0 Å². The van der Waals surface area contributed by atoms with E-state index in [9.17, 15) is 4.79 Å². The van der Waals surface area contributed by atoms with E-state index in [2.05, 4.69) is 35.8 Å². The van der Waals surface area contributed by atoms with E-state index in [1.807, 2.05) is 48.7 Å².